The van der Waals surface area contributed by atoms with Crippen molar-refractivity contribution in [3.8, 4) is 11.3 Å². The molecule has 0 saturated carbocycles. The number of rotatable bonds is 4. The summed E-state index contributed by atoms with van der Waals surface area (Å²) in [6.45, 7) is 0. The van der Waals surface area contributed by atoms with Gasteiger partial charge in [-0.25, -0.2) is 4.98 Å². The van der Waals surface area contributed by atoms with Crippen LogP contribution in [0.25, 0.3) is 16.9 Å². The molecule has 26 heavy (non-hydrogen) atoms. The van der Waals surface area contributed by atoms with Gasteiger partial charge in [-0.1, -0.05) is 54.6 Å². The third-order valence-corrected chi connectivity index (χ3v) is 4.98. The van der Waals surface area contributed by atoms with Crippen LogP contribution in [0.15, 0.2) is 73.2 Å². The minimum atomic E-state index is -1.18. The van der Waals surface area contributed by atoms with Gasteiger partial charge in [0.25, 0.3) is 0 Å². The van der Waals surface area contributed by atoms with E-state index >= 15 is 0 Å². The van der Waals surface area contributed by atoms with Gasteiger partial charge in [-0.05, 0) is 28.2 Å². The van der Waals surface area contributed by atoms with E-state index in [9.17, 15) is 9.90 Å². The van der Waals surface area contributed by atoms with Crippen molar-refractivity contribution in [3.63, 3.8) is 0 Å². The lowest BCUT2D eigenvalue weighted by molar-refractivity contribution is 0.0747. The van der Waals surface area contributed by atoms with Crippen LogP contribution < -0.4 is 0 Å². The van der Waals surface area contributed by atoms with Gasteiger partial charge in [0.1, 0.15) is 9.80 Å². The van der Waals surface area contributed by atoms with Gasteiger partial charge in [0, 0.05) is 17.3 Å². The molecule has 6 heteroatoms. The highest BCUT2D eigenvalue weighted by molar-refractivity contribution is 14.1. The van der Waals surface area contributed by atoms with Crippen LogP contribution in [-0.4, -0.2) is 25.3 Å². The molecule has 4 aromatic rings. The number of carbonyl (C=O) groups is 1. The number of aliphatic hydroxyl groups excluding tert-OH is 1. The molecule has 1 N–H and O–H groups in total. The first-order valence-electron chi connectivity index (χ1n) is 8.00. The summed E-state index contributed by atoms with van der Waals surface area (Å²) in [6.07, 6.45) is 4.25. The molecule has 128 valence electrons. The van der Waals surface area contributed by atoms with Crippen molar-refractivity contribution in [1.29, 1.82) is 0 Å². The van der Waals surface area contributed by atoms with Crippen molar-refractivity contribution < 1.29 is 9.90 Å². The summed E-state index contributed by atoms with van der Waals surface area (Å²) in [7, 11) is 0. The third-order valence-electron chi connectivity index (χ3n) is 4.18. The van der Waals surface area contributed by atoms with Gasteiger partial charge in [-0.3, -0.25) is 14.2 Å². The van der Waals surface area contributed by atoms with E-state index in [0.29, 0.717) is 11.1 Å². The molecule has 0 amide bonds. The van der Waals surface area contributed by atoms with Gasteiger partial charge in [0.05, 0.1) is 18.1 Å². The van der Waals surface area contributed by atoms with Crippen molar-refractivity contribution in [2.45, 2.75) is 6.10 Å². The number of imidazole rings is 1. The zero-order chi connectivity index (χ0) is 18.1. The molecule has 1 atom stereocenters. The number of hydrogen-bond acceptors (Lipinski definition) is 4. The quantitative estimate of drug-likeness (QED) is 0.374. The summed E-state index contributed by atoms with van der Waals surface area (Å²) < 4.78 is 2.96. The predicted octanol–water partition coefficient (Wildman–Crippen LogP) is 3.92. The normalized spacial score (nSPS) is 12.2. The maximum Gasteiger partial charge on any atom is 0.195 e. The summed E-state index contributed by atoms with van der Waals surface area (Å²) in [4.78, 5) is 21.1. The second-order valence-corrected chi connectivity index (χ2v) is 6.94. The topological polar surface area (TPSA) is 67.5 Å². The molecule has 1 unspecified atom stereocenters. The lowest BCUT2D eigenvalue weighted by Gasteiger charge is -2.11. The van der Waals surface area contributed by atoms with E-state index in [1.54, 1.807) is 48.8 Å². The number of carbonyl (C=O) groups excluding carboxylic acids is 1. The van der Waals surface area contributed by atoms with Crippen LogP contribution in [0.4, 0.5) is 0 Å². The van der Waals surface area contributed by atoms with Crippen LogP contribution in [0.1, 0.15) is 22.0 Å². The highest BCUT2D eigenvalue weighted by atomic mass is 127. The number of hydrogen-bond donors (Lipinski definition) is 1. The van der Waals surface area contributed by atoms with Crippen molar-refractivity contribution in [2.24, 2.45) is 0 Å². The van der Waals surface area contributed by atoms with Crippen LogP contribution in [0.2, 0.25) is 0 Å². The number of benzene rings is 2. The Morgan fingerprint density at radius 1 is 1.00 bits per heavy atom. The Bertz CT molecular complexity index is 1080. The molecular formula is C20H14IN3O2. The van der Waals surface area contributed by atoms with E-state index in [4.69, 9.17) is 0 Å². The summed E-state index contributed by atoms with van der Waals surface area (Å²) in [6, 6.07) is 16.0. The number of aromatic nitrogens is 3. The Kier molecular flexibility index (Phi) is 4.52. The Hall–Kier alpha value is -2.58. The zero-order valence-electron chi connectivity index (χ0n) is 13.6. The summed E-state index contributed by atoms with van der Waals surface area (Å²) in [5.41, 5.74) is 3.54. The minimum Gasteiger partial charge on any atom is -0.380 e. The van der Waals surface area contributed by atoms with Gasteiger partial charge in [-0.2, -0.15) is 0 Å². The first-order chi connectivity index (χ1) is 12.6. The lowest BCUT2D eigenvalue weighted by atomic mass is 9.98. The van der Waals surface area contributed by atoms with Gasteiger partial charge in [0.15, 0.2) is 11.4 Å². The molecule has 4 rings (SSSR count). The standard InChI is InChI=1S/C20H14IN3O2/c21-17-10-23-18-11-22-16(12-24(17)18)13-6-8-15(9-7-13)20(26)19(25)14-4-2-1-3-5-14/h1-12,20,26H. The Morgan fingerprint density at radius 2 is 1.73 bits per heavy atom. The second-order valence-electron chi connectivity index (χ2n) is 5.84. The summed E-state index contributed by atoms with van der Waals surface area (Å²) in [5, 5.41) is 10.4. The molecule has 2 aromatic carbocycles. The number of halogens is 1. The molecule has 5 nitrogen and oxygen atoms in total. The van der Waals surface area contributed by atoms with Crippen LogP contribution in [0, 0.1) is 3.70 Å². The molecule has 0 saturated heterocycles. The zero-order valence-corrected chi connectivity index (χ0v) is 15.7. The first kappa shape index (κ1) is 16.9. The van der Waals surface area contributed by atoms with Gasteiger partial charge in [0.2, 0.25) is 0 Å². The predicted molar refractivity (Wildman–Crippen MR) is 107 cm³/mol. The van der Waals surface area contributed by atoms with E-state index < -0.39 is 6.10 Å². The smallest absolute Gasteiger partial charge is 0.195 e. The number of Topliss-reactive ketones (excluding diaryl/α,β-unsaturated/α-hetero) is 1. The highest BCUT2D eigenvalue weighted by Crippen LogP contribution is 2.23. The Morgan fingerprint density at radius 3 is 2.46 bits per heavy atom. The van der Waals surface area contributed by atoms with Crippen molar-refractivity contribution >= 4 is 34.0 Å². The lowest BCUT2D eigenvalue weighted by Crippen LogP contribution is -2.12. The molecule has 0 radical (unpaired) electrons. The number of aliphatic hydroxyl groups is 1. The number of ketones is 1. The SMILES string of the molecule is O=C(c1ccccc1)C(O)c1ccc(-c2cn3c(I)cnc3cn2)cc1. The van der Waals surface area contributed by atoms with Gasteiger partial charge >= 0.3 is 0 Å². The number of fused-ring (bicyclic) bond motifs is 1. The molecule has 0 aliphatic carbocycles. The van der Waals surface area contributed by atoms with Crippen molar-refractivity contribution in [2.75, 3.05) is 0 Å². The molecular weight excluding hydrogens is 441 g/mol. The average Bonchev–Trinajstić information content (AvgIpc) is 3.08. The van der Waals surface area contributed by atoms with Crippen LogP contribution in [-0.2, 0) is 0 Å². The molecule has 0 aliphatic rings. The Balaban J connectivity index is 1.61. The Labute approximate surface area is 163 Å². The fraction of sp³-hybridized carbons (Fsp3) is 0.0500. The second kappa shape index (κ2) is 6.97. The van der Waals surface area contributed by atoms with Gasteiger partial charge in [-0.15, -0.1) is 0 Å². The van der Waals surface area contributed by atoms with Gasteiger partial charge < -0.3 is 5.11 Å². The molecule has 0 bridgehead atoms. The monoisotopic (exact) mass is 455 g/mol. The van der Waals surface area contributed by atoms with E-state index in [2.05, 4.69) is 32.6 Å². The molecule has 0 fully saturated rings. The fourth-order valence-corrected chi connectivity index (χ4v) is 3.28. The molecule has 0 spiro atoms. The minimum absolute atomic E-state index is 0.314. The van der Waals surface area contributed by atoms with Crippen molar-refractivity contribution in [3.05, 3.63) is 88.0 Å². The van der Waals surface area contributed by atoms with E-state index in [0.717, 1.165) is 20.6 Å². The fourth-order valence-electron chi connectivity index (χ4n) is 2.76. The van der Waals surface area contributed by atoms with Crippen molar-refractivity contribution in [1.82, 2.24) is 14.4 Å². The maximum atomic E-state index is 12.4. The van der Waals surface area contributed by atoms with Crippen LogP contribution in [0.5, 0.6) is 0 Å². The van der Waals surface area contributed by atoms with E-state index in [1.165, 1.54) is 0 Å². The average molecular weight is 455 g/mol. The molecule has 2 aromatic heterocycles. The van der Waals surface area contributed by atoms with Crippen LogP contribution >= 0.6 is 22.6 Å². The van der Waals surface area contributed by atoms with E-state index in [1.807, 2.05) is 28.8 Å². The molecule has 2 heterocycles. The highest BCUT2D eigenvalue weighted by Gasteiger charge is 2.19. The molecule has 0 aliphatic heterocycles. The largest absolute Gasteiger partial charge is 0.380 e. The number of nitrogens with zero attached hydrogens (tertiary/aromatic N) is 3. The maximum absolute atomic E-state index is 12.4. The summed E-state index contributed by atoms with van der Waals surface area (Å²) >= 11 is 2.22. The third kappa shape index (κ3) is 3.13. The first-order valence-corrected chi connectivity index (χ1v) is 9.07. The van der Waals surface area contributed by atoms with Crippen LogP contribution in [0.3, 0.4) is 0 Å². The summed E-state index contributed by atoms with van der Waals surface area (Å²) in [5.74, 6) is -0.314. The van der Waals surface area contributed by atoms with E-state index in [-0.39, 0.29) is 5.78 Å².